The highest BCUT2D eigenvalue weighted by Crippen LogP contribution is 2.47. The van der Waals surface area contributed by atoms with Gasteiger partial charge in [0.05, 0.1) is 22.4 Å². The average molecular weight is 1670 g/mol. The number of hydrogen-bond acceptors (Lipinski definition) is 5. The highest BCUT2D eigenvalue weighted by atomic mass is 79.9. The van der Waals surface area contributed by atoms with E-state index in [4.69, 9.17) is 34.8 Å². The SMILES string of the molecule is CCC(c1ccccc1)(c1ccccc1)c1ccc(O)cc1.N#CCCC(c1ccccc1)(c1ccccc1)c1ccccc1.O=C(CBr)C(c1ccccc1)(c1ccccc1)c1ccccc1.O=CCC(c1ccc(Cl)cc1)(c1ccc(Cl)cc1)c1ccc(Cl)cc1.OC(c1ccccc1)(c1ccccc1)c1ccc(C(F)(F)F)cc1. The van der Waals surface area contributed by atoms with Crippen molar-refractivity contribution in [2.45, 2.75) is 66.0 Å². The van der Waals surface area contributed by atoms with Crippen LogP contribution >= 0.6 is 50.7 Å². The van der Waals surface area contributed by atoms with E-state index in [9.17, 15) is 38.2 Å². The van der Waals surface area contributed by atoms with Gasteiger partial charge in [0.25, 0.3) is 0 Å². The maximum atomic E-state index is 13.2. The molecule has 5 nitrogen and oxygen atoms in total. The van der Waals surface area contributed by atoms with Crippen molar-refractivity contribution in [1.82, 2.24) is 0 Å². The lowest BCUT2D eigenvalue weighted by Crippen LogP contribution is -2.39. The van der Waals surface area contributed by atoms with Crippen LogP contribution in [0.1, 0.15) is 122 Å². The first-order valence-corrected chi connectivity index (χ1v) is 40.6. The summed E-state index contributed by atoms with van der Waals surface area (Å²) < 4.78 is 38.4. The Bertz CT molecular complexity index is 5170. The predicted octanol–water partition coefficient (Wildman–Crippen LogP) is 27.0. The number of phenols is 1. The van der Waals surface area contributed by atoms with Gasteiger partial charge in [0.2, 0.25) is 0 Å². The summed E-state index contributed by atoms with van der Waals surface area (Å²) in [5.74, 6) is 0.427. The van der Waals surface area contributed by atoms with Crippen LogP contribution in [0.2, 0.25) is 15.1 Å². The molecule has 15 rings (SSSR count). The minimum atomic E-state index is -4.41. The van der Waals surface area contributed by atoms with Crippen molar-refractivity contribution in [3.63, 3.8) is 0 Å². The number of alkyl halides is 4. The van der Waals surface area contributed by atoms with Gasteiger partial charge >= 0.3 is 6.18 Å². The summed E-state index contributed by atoms with van der Waals surface area (Å²) in [4.78, 5) is 24.9. The zero-order valence-corrected chi connectivity index (χ0v) is 68.2. The number of benzene rings is 15. The van der Waals surface area contributed by atoms with Gasteiger partial charge in [0.15, 0.2) is 5.78 Å². The van der Waals surface area contributed by atoms with Gasteiger partial charge in [-0.1, -0.05) is 422 Å². The van der Waals surface area contributed by atoms with Gasteiger partial charge in [-0.15, -0.1) is 0 Å². The zero-order chi connectivity index (χ0) is 82.6. The first kappa shape index (κ1) is 85.9. The molecule has 0 fully saturated rings. The molecule has 0 atom stereocenters. The number of aliphatic hydroxyl groups is 1. The monoisotopic (exact) mass is 1670 g/mol. The Balaban J connectivity index is 0.000000144. The molecule has 12 heteroatoms. The third-order valence-electron chi connectivity index (χ3n) is 21.4. The van der Waals surface area contributed by atoms with Crippen molar-refractivity contribution in [2.75, 3.05) is 5.33 Å². The highest BCUT2D eigenvalue weighted by molar-refractivity contribution is 9.09. The molecular weight excluding hydrogens is 1580 g/mol. The van der Waals surface area contributed by atoms with Gasteiger partial charge in [0, 0.05) is 38.7 Å². The van der Waals surface area contributed by atoms with Crippen molar-refractivity contribution in [1.29, 1.82) is 5.26 Å². The molecule has 584 valence electrons. The number of halogens is 7. The lowest BCUT2D eigenvalue weighted by Gasteiger charge is -2.35. The Hall–Kier alpha value is -12.0. The van der Waals surface area contributed by atoms with E-state index < -0.39 is 28.2 Å². The van der Waals surface area contributed by atoms with E-state index in [0.717, 1.165) is 64.6 Å². The lowest BCUT2D eigenvalue weighted by atomic mass is 9.67. The molecule has 15 aromatic rings. The maximum absolute atomic E-state index is 13.2. The predicted molar refractivity (Wildman–Crippen MR) is 475 cm³/mol. The molecule has 0 heterocycles. The number of aromatic hydroxyl groups is 1. The fourth-order valence-electron chi connectivity index (χ4n) is 15.7. The standard InChI is InChI=1S/C22H19N.C21H17BrO.C21H15Cl3O.C21H20O.C20H15F3O/c23-18-10-17-22(19-11-4-1-5-12-19,20-13-6-2-7-14-20)21-15-8-3-9-16-21;22-16-20(23)21(17-10-4-1-5-11-17,18-12-6-2-7-13-18)19-14-8-3-9-15-19;22-18-7-1-15(2-8-18)21(13-14-25,16-3-9-19(23)10-4-16)17-5-11-20(24)12-6-17;1-2-21(17-9-5-3-6-10-17,18-11-7-4-8-12-18)19-13-15-20(22)16-14-19;21-20(22,23)18-13-11-17(12-14-18)19(24,15-7-3-1-4-8-15)16-9-5-2-6-10-16/h1-9,11-16H,10,17H2;1-15H,16H2;1-12,14H,13H2;3-16,22H,2H2,1H3;1-14,24H. The quantitative estimate of drug-likeness (QED) is 0.0400. The largest absolute Gasteiger partial charge is 0.508 e. The number of rotatable bonds is 22. The van der Waals surface area contributed by atoms with Crippen LogP contribution in [-0.2, 0) is 43.0 Å². The number of aldehydes is 1. The van der Waals surface area contributed by atoms with Crippen LogP contribution < -0.4 is 0 Å². The summed E-state index contributed by atoms with van der Waals surface area (Å²) in [6.07, 6.45) is -0.947. The summed E-state index contributed by atoms with van der Waals surface area (Å²) >= 11 is 21.6. The van der Waals surface area contributed by atoms with Crippen LogP contribution in [0.15, 0.2) is 425 Å². The number of nitrogens with zero attached hydrogens (tertiary/aromatic N) is 1. The van der Waals surface area contributed by atoms with Crippen LogP contribution in [-0.4, -0.2) is 27.6 Å². The van der Waals surface area contributed by atoms with E-state index in [1.54, 1.807) is 60.7 Å². The van der Waals surface area contributed by atoms with Gasteiger partial charge in [-0.05, 0) is 157 Å². The summed E-state index contributed by atoms with van der Waals surface area (Å²) in [6.45, 7) is 2.22. The van der Waals surface area contributed by atoms with Crippen LogP contribution in [0.3, 0.4) is 0 Å². The van der Waals surface area contributed by atoms with Crippen molar-refractivity contribution >= 4 is 62.8 Å². The van der Waals surface area contributed by atoms with Gasteiger partial charge in [0.1, 0.15) is 23.1 Å². The normalized spacial score (nSPS) is 11.4. The number of ketones is 1. The van der Waals surface area contributed by atoms with Gasteiger partial charge in [-0.25, -0.2) is 0 Å². The van der Waals surface area contributed by atoms with Crippen molar-refractivity contribution < 1.29 is 33.0 Å². The molecule has 0 saturated heterocycles. The van der Waals surface area contributed by atoms with Crippen LogP contribution in [0.4, 0.5) is 13.2 Å². The number of hydrogen-bond donors (Lipinski definition) is 2. The van der Waals surface area contributed by atoms with E-state index in [0.29, 0.717) is 49.3 Å². The van der Waals surface area contributed by atoms with E-state index >= 15 is 0 Å². The minimum absolute atomic E-state index is 0.126. The number of carbonyl (C=O) groups excluding carboxylic acids is 2. The zero-order valence-electron chi connectivity index (χ0n) is 64.3. The molecule has 0 unspecified atom stereocenters. The fourth-order valence-corrected chi connectivity index (χ4v) is 16.5. The molecule has 15 aromatic carbocycles. The molecule has 0 bridgehead atoms. The molecule has 0 saturated carbocycles. The van der Waals surface area contributed by atoms with Gasteiger partial charge in [-0.2, -0.15) is 18.4 Å². The lowest BCUT2D eigenvalue weighted by molar-refractivity contribution is -0.137. The second-order valence-electron chi connectivity index (χ2n) is 27.9. The third kappa shape index (κ3) is 19.8. The Morgan fingerprint density at radius 1 is 0.342 bits per heavy atom. The Morgan fingerprint density at radius 2 is 0.564 bits per heavy atom. The van der Waals surface area contributed by atoms with E-state index in [1.165, 1.54) is 45.5 Å². The van der Waals surface area contributed by atoms with Crippen molar-refractivity contribution in [3.8, 4) is 11.8 Å². The molecule has 117 heavy (non-hydrogen) atoms. The highest BCUT2D eigenvalue weighted by Gasteiger charge is 2.44. The van der Waals surface area contributed by atoms with E-state index in [2.05, 4.69) is 150 Å². The Labute approximate surface area is 707 Å². The van der Waals surface area contributed by atoms with Crippen LogP contribution in [0.25, 0.3) is 0 Å². The second kappa shape index (κ2) is 41.0. The molecule has 0 spiro atoms. The summed E-state index contributed by atoms with van der Waals surface area (Å²) in [5, 5.41) is 32.5. The third-order valence-corrected chi connectivity index (χ3v) is 22.7. The topological polar surface area (TPSA) is 98.4 Å². The molecule has 0 amide bonds. The van der Waals surface area contributed by atoms with Gasteiger partial charge < -0.3 is 15.0 Å². The van der Waals surface area contributed by atoms with Crippen molar-refractivity contribution in [3.05, 3.63) is 529 Å². The summed E-state index contributed by atoms with van der Waals surface area (Å²) in [7, 11) is 0. The smallest absolute Gasteiger partial charge is 0.416 e. The minimum Gasteiger partial charge on any atom is -0.508 e. The molecule has 0 aliphatic rings. The molecule has 0 aliphatic carbocycles. The molecular formula is C105H86BrCl3F3NO4. The molecule has 2 N–H and O–H groups in total. The summed E-state index contributed by atoms with van der Waals surface area (Å²) in [5.41, 5.74) is 10.7. The number of nitriles is 1. The number of carbonyl (C=O) groups is 2. The fraction of sp³-hybridized carbons (Fsp3) is 0.114. The maximum Gasteiger partial charge on any atom is 0.416 e. The average Bonchev–Trinajstić information content (AvgIpc) is 0.752. The second-order valence-corrected chi connectivity index (χ2v) is 29.8. The molecule has 0 aromatic heterocycles. The first-order chi connectivity index (χ1) is 56.9. The van der Waals surface area contributed by atoms with Gasteiger partial charge in [-0.3, -0.25) is 4.79 Å². The number of Topliss-reactive ketones (excluding diaryl/α,β-unsaturated/α-hetero) is 1. The Kier molecular flexibility index (Phi) is 30.1. The first-order valence-electron chi connectivity index (χ1n) is 38.4. The van der Waals surface area contributed by atoms with Crippen molar-refractivity contribution in [2.24, 2.45) is 0 Å². The van der Waals surface area contributed by atoms with E-state index in [1.807, 2.05) is 218 Å². The summed E-state index contributed by atoms with van der Waals surface area (Å²) in [6, 6.07) is 138. The van der Waals surface area contributed by atoms with E-state index in [-0.39, 0.29) is 23.0 Å². The molecule has 0 radical (unpaired) electrons. The number of phenolic OH excluding ortho intramolecular Hbond substituents is 1. The molecule has 0 aliphatic heterocycles. The van der Waals surface area contributed by atoms with Crippen LogP contribution in [0, 0.1) is 11.3 Å². The van der Waals surface area contributed by atoms with Crippen LogP contribution in [0.5, 0.6) is 5.75 Å². The Morgan fingerprint density at radius 3 is 0.821 bits per heavy atom.